The van der Waals surface area contributed by atoms with Gasteiger partial charge in [0, 0.05) is 19.0 Å². The maximum atomic E-state index is 10.2. The minimum Gasteiger partial charge on any atom is -0.465 e. The van der Waals surface area contributed by atoms with E-state index >= 15 is 0 Å². The van der Waals surface area contributed by atoms with Crippen LogP contribution in [0.5, 0.6) is 0 Å². The van der Waals surface area contributed by atoms with Gasteiger partial charge in [-0.25, -0.2) is 4.79 Å². The maximum absolute atomic E-state index is 10.2. The van der Waals surface area contributed by atoms with Gasteiger partial charge in [-0.1, -0.05) is 0 Å². The van der Waals surface area contributed by atoms with Crippen molar-refractivity contribution in [2.75, 3.05) is 13.1 Å². The quantitative estimate of drug-likeness (QED) is 0.545. The van der Waals surface area contributed by atoms with E-state index in [9.17, 15) is 4.79 Å². The first-order valence-electron chi connectivity index (χ1n) is 3.27. The van der Waals surface area contributed by atoms with E-state index in [1.54, 1.807) is 6.92 Å². The Kier molecular flexibility index (Phi) is 1.80. The van der Waals surface area contributed by atoms with E-state index in [4.69, 9.17) is 10.2 Å². The fraction of sp³-hybridized carbons (Fsp3) is 0.833. The van der Waals surface area contributed by atoms with Crippen molar-refractivity contribution in [3.05, 3.63) is 0 Å². The second kappa shape index (κ2) is 2.46. The number of likely N-dealkylation sites (tertiary alicyclic amines) is 1. The fourth-order valence-corrected chi connectivity index (χ4v) is 0.974. The summed E-state index contributed by atoms with van der Waals surface area (Å²) < 4.78 is 0. The molecule has 0 bridgehead atoms. The fourth-order valence-electron chi connectivity index (χ4n) is 0.974. The average molecular weight is 145 g/mol. The van der Waals surface area contributed by atoms with Crippen molar-refractivity contribution in [3.8, 4) is 0 Å². The molecule has 1 atom stereocenters. The third-order valence-corrected chi connectivity index (χ3v) is 1.86. The highest BCUT2D eigenvalue weighted by atomic mass is 16.4. The molecule has 1 fully saturated rings. The van der Waals surface area contributed by atoms with Gasteiger partial charge in [-0.15, -0.1) is 0 Å². The molecule has 58 valence electrons. The molecule has 1 aliphatic rings. The van der Waals surface area contributed by atoms with E-state index in [1.807, 2.05) is 0 Å². The van der Waals surface area contributed by atoms with Gasteiger partial charge in [-0.3, -0.25) is 0 Å². The molecule has 0 aromatic carbocycles. The van der Waals surface area contributed by atoms with Crippen LogP contribution < -0.4 is 0 Å². The molecular weight excluding hydrogens is 134 g/mol. The molecule has 4 nitrogen and oxygen atoms in total. The van der Waals surface area contributed by atoms with Crippen molar-refractivity contribution in [1.82, 2.24) is 4.90 Å². The molecule has 0 aromatic rings. The van der Waals surface area contributed by atoms with E-state index in [0.717, 1.165) is 0 Å². The van der Waals surface area contributed by atoms with Crippen LogP contribution in [0.2, 0.25) is 0 Å². The highest BCUT2D eigenvalue weighted by Crippen LogP contribution is 2.18. The summed E-state index contributed by atoms with van der Waals surface area (Å²) in [5.74, 6) is 0.149. The van der Waals surface area contributed by atoms with Crippen LogP contribution in [0.4, 0.5) is 4.79 Å². The van der Waals surface area contributed by atoms with Gasteiger partial charge >= 0.3 is 6.09 Å². The van der Waals surface area contributed by atoms with Crippen molar-refractivity contribution in [2.24, 2.45) is 5.92 Å². The van der Waals surface area contributed by atoms with Crippen LogP contribution in [-0.2, 0) is 0 Å². The van der Waals surface area contributed by atoms with Crippen molar-refractivity contribution >= 4 is 6.09 Å². The first-order chi connectivity index (χ1) is 4.61. The monoisotopic (exact) mass is 145 g/mol. The number of amides is 1. The number of carboxylic acid groups (broad SMARTS) is 1. The number of hydrogen-bond acceptors (Lipinski definition) is 2. The van der Waals surface area contributed by atoms with Gasteiger partial charge in [0.25, 0.3) is 0 Å². The van der Waals surface area contributed by atoms with E-state index in [0.29, 0.717) is 13.1 Å². The zero-order valence-electron chi connectivity index (χ0n) is 5.82. The van der Waals surface area contributed by atoms with Crippen LogP contribution in [0.3, 0.4) is 0 Å². The second-order valence-corrected chi connectivity index (χ2v) is 2.69. The molecule has 1 rings (SSSR count). The van der Waals surface area contributed by atoms with Crippen molar-refractivity contribution < 1.29 is 15.0 Å². The molecule has 0 spiro atoms. The van der Waals surface area contributed by atoms with Gasteiger partial charge in [0.15, 0.2) is 0 Å². The molecule has 1 saturated heterocycles. The Morgan fingerprint density at radius 1 is 1.70 bits per heavy atom. The molecule has 0 aliphatic carbocycles. The Morgan fingerprint density at radius 3 is 2.50 bits per heavy atom. The van der Waals surface area contributed by atoms with Gasteiger partial charge in [0.05, 0.1) is 6.10 Å². The summed E-state index contributed by atoms with van der Waals surface area (Å²) >= 11 is 0. The Balaban J connectivity index is 2.24. The van der Waals surface area contributed by atoms with Crippen LogP contribution in [0.25, 0.3) is 0 Å². The minimum atomic E-state index is -0.892. The smallest absolute Gasteiger partial charge is 0.407 e. The molecule has 0 aromatic heterocycles. The summed E-state index contributed by atoms with van der Waals surface area (Å²) in [5, 5.41) is 17.3. The molecule has 10 heavy (non-hydrogen) atoms. The summed E-state index contributed by atoms with van der Waals surface area (Å²) in [5.41, 5.74) is 0. The number of aliphatic hydroxyl groups excluding tert-OH is 1. The van der Waals surface area contributed by atoms with Gasteiger partial charge in [0.2, 0.25) is 0 Å². The molecule has 4 heteroatoms. The van der Waals surface area contributed by atoms with Gasteiger partial charge in [0.1, 0.15) is 0 Å². The number of nitrogens with zero attached hydrogens (tertiary/aromatic N) is 1. The van der Waals surface area contributed by atoms with E-state index in [2.05, 4.69) is 0 Å². The largest absolute Gasteiger partial charge is 0.465 e. The van der Waals surface area contributed by atoms with E-state index < -0.39 is 6.09 Å². The van der Waals surface area contributed by atoms with Gasteiger partial charge in [-0.05, 0) is 6.92 Å². The Morgan fingerprint density at radius 2 is 2.20 bits per heavy atom. The number of aliphatic hydroxyl groups is 1. The lowest BCUT2D eigenvalue weighted by Gasteiger charge is -2.38. The van der Waals surface area contributed by atoms with Crippen LogP contribution in [0.1, 0.15) is 6.92 Å². The molecular formula is C6H11NO3. The minimum absolute atomic E-state index is 0.149. The SMILES string of the molecule is CC(O)C1CN(C(=O)O)C1. The van der Waals surface area contributed by atoms with E-state index in [-0.39, 0.29) is 12.0 Å². The topological polar surface area (TPSA) is 60.8 Å². The van der Waals surface area contributed by atoms with Crippen molar-refractivity contribution in [1.29, 1.82) is 0 Å². The molecule has 1 unspecified atom stereocenters. The predicted octanol–water partition coefficient (Wildman–Crippen LogP) is -0.0230. The molecule has 0 saturated carbocycles. The van der Waals surface area contributed by atoms with Gasteiger partial charge in [-0.2, -0.15) is 0 Å². The van der Waals surface area contributed by atoms with E-state index in [1.165, 1.54) is 4.90 Å². The molecule has 1 aliphatic heterocycles. The zero-order chi connectivity index (χ0) is 7.72. The summed E-state index contributed by atoms with van der Waals surface area (Å²) in [6.07, 6.45) is -1.27. The highest BCUT2D eigenvalue weighted by Gasteiger charge is 2.33. The zero-order valence-corrected chi connectivity index (χ0v) is 5.82. The lowest BCUT2D eigenvalue weighted by atomic mass is 9.95. The molecule has 2 N–H and O–H groups in total. The standard InChI is InChI=1S/C6H11NO3/c1-4(8)5-2-7(3-5)6(9)10/h4-5,8H,2-3H2,1H3,(H,9,10). The first-order valence-corrected chi connectivity index (χ1v) is 3.27. The maximum Gasteiger partial charge on any atom is 0.407 e. The lowest BCUT2D eigenvalue weighted by molar-refractivity contribution is 0.0129. The Bertz CT molecular complexity index is 140. The third-order valence-electron chi connectivity index (χ3n) is 1.86. The summed E-state index contributed by atoms with van der Waals surface area (Å²) in [7, 11) is 0. The summed E-state index contributed by atoms with van der Waals surface area (Å²) in [4.78, 5) is 11.5. The number of hydrogen-bond donors (Lipinski definition) is 2. The summed E-state index contributed by atoms with van der Waals surface area (Å²) in [6, 6.07) is 0. The van der Waals surface area contributed by atoms with Crippen molar-refractivity contribution in [2.45, 2.75) is 13.0 Å². The predicted molar refractivity (Wildman–Crippen MR) is 34.8 cm³/mol. The van der Waals surface area contributed by atoms with Crippen LogP contribution >= 0.6 is 0 Å². The molecule has 0 radical (unpaired) electrons. The number of carbonyl (C=O) groups is 1. The normalized spacial score (nSPS) is 22.0. The second-order valence-electron chi connectivity index (χ2n) is 2.69. The first kappa shape index (κ1) is 7.34. The highest BCUT2D eigenvalue weighted by molar-refractivity contribution is 5.66. The van der Waals surface area contributed by atoms with Crippen LogP contribution in [0.15, 0.2) is 0 Å². The molecule has 1 heterocycles. The average Bonchev–Trinajstić information content (AvgIpc) is 1.56. The summed E-state index contributed by atoms with van der Waals surface area (Å²) in [6.45, 7) is 2.64. The third kappa shape index (κ3) is 1.21. The molecule has 1 amide bonds. The van der Waals surface area contributed by atoms with Gasteiger partial charge < -0.3 is 15.1 Å². The Hall–Kier alpha value is -0.770. The lowest BCUT2D eigenvalue weighted by Crippen LogP contribution is -2.53. The van der Waals surface area contributed by atoms with Crippen molar-refractivity contribution in [3.63, 3.8) is 0 Å². The Labute approximate surface area is 59.1 Å². The van der Waals surface area contributed by atoms with Crippen LogP contribution in [-0.4, -0.2) is 40.4 Å². The van der Waals surface area contributed by atoms with Crippen LogP contribution in [0, 0.1) is 5.92 Å². The number of rotatable bonds is 1.